The second kappa shape index (κ2) is 7.11. The zero-order valence-corrected chi connectivity index (χ0v) is 12.6. The van der Waals surface area contributed by atoms with E-state index in [9.17, 15) is 19.1 Å². The van der Waals surface area contributed by atoms with Gasteiger partial charge in [-0.3, -0.25) is 9.59 Å². The molecule has 3 N–H and O–H groups in total. The Morgan fingerprint density at radius 3 is 2.43 bits per heavy atom. The molecule has 0 saturated heterocycles. The molecule has 0 saturated carbocycles. The minimum Gasteiger partial charge on any atom is -0.504 e. The number of benzene rings is 2. The van der Waals surface area contributed by atoms with Gasteiger partial charge in [0.25, 0.3) is 5.91 Å². The molecule has 120 valence electrons. The largest absolute Gasteiger partial charge is 0.504 e. The first kappa shape index (κ1) is 16.8. The third kappa shape index (κ3) is 4.43. The van der Waals surface area contributed by atoms with Gasteiger partial charge < -0.3 is 15.5 Å². The Morgan fingerprint density at radius 2 is 1.83 bits per heavy atom. The van der Waals surface area contributed by atoms with Gasteiger partial charge in [-0.15, -0.1) is 0 Å². The number of nitrogens with one attached hydrogen (secondary N) is 1. The molecule has 0 fully saturated rings. The van der Waals surface area contributed by atoms with E-state index in [1.54, 1.807) is 24.3 Å². The number of hydrogen-bond acceptors (Lipinski definition) is 3. The molecular formula is C16H13ClFNO4. The molecule has 0 unspecified atom stereocenters. The van der Waals surface area contributed by atoms with E-state index in [4.69, 9.17) is 16.7 Å². The summed E-state index contributed by atoms with van der Waals surface area (Å²) < 4.78 is 13.4. The first-order chi connectivity index (χ1) is 10.9. The van der Waals surface area contributed by atoms with Crippen LogP contribution < -0.4 is 5.32 Å². The third-order valence-electron chi connectivity index (χ3n) is 3.11. The number of aliphatic carboxylic acids is 1. The van der Waals surface area contributed by atoms with Gasteiger partial charge >= 0.3 is 5.97 Å². The van der Waals surface area contributed by atoms with Crippen molar-refractivity contribution in [3.8, 4) is 5.75 Å². The van der Waals surface area contributed by atoms with Gasteiger partial charge in [-0.05, 0) is 36.2 Å². The fourth-order valence-electron chi connectivity index (χ4n) is 1.94. The van der Waals surface area contributed by atoms with Crippen molar-refractivity contribution in [2.75, 3.05) is 5.32 Å². The summed E-state index contributed by atoms with van der Waals surface area (Å²) in [4.78, 5) is 22.6. The lowest BCUT2D eigenvalue weighted by Gasteiger charge is -2.09. The summed E-state index contributed by atoms with van der Waals surface area (Å²) >= 11 is 5.67. The van der Waals surface area contributed by atoms with Gasteiger partial charge in [-0.25, -0.2) is 4.39 Å². The quantitative estimate of drug-likeness (QED) is 0.780. The predicted molar refractivity (Wildman–Crippen MR) is 83.4 cm³/mol. The van der Waals surface area contributed by atoms with E-state index >= 15 is 0 Å². The van der Waals surface area contributed by atoms with Crippen molar-refractivity contribution < 1.29 is 24.2 Å². The highest BCUT2D eigenvalue weighted by molar-refractivity contribution is 6.31. The first-order valence-electron chi connectivity index (χ1n) is 6.67. The molecule has 0 spiro atoms. The van der Waals surface area contributed by atoms with E-state index < -0.39 is 23.4 Å². The molecule has 0 atom stereocenters. The zero-order valence-electron chi connectivity index (χ0n) is 11.8. The molecule has 23 heavy (non-hydrogen) atoms. The Kier molecular flexibility index (Phi) is 5.18. The molecule has 0 radical (unpaired) electrons. The number of rotatable bonds is 5. The maximum atomic E-state index is 13.4. The molecule has 2 aromatic carbocycles. The van der Waals surface area contributed by atoms with Gasteiger partial charge in [0.15, 0.2) is 11.6 Å². The van der Waals surface area contributed by atoms with Crippen molar-refractivity contribution >= 4 is 29.2 Å². The molecule has 0 aliphatic carbocycles. The Labute approximate surface area is 136 Å². The molecule has 5 nitrogen and oxygen atoms in total. The van der Waals surface area contributed by atoms with E-state index in [-0.39, 0.29) is 17.0 Å². The van der Waals surface area contributed by atoms with Crippen LogP contribution in [0.25, 0.3) is 0 Å². The lowest BCUT2D eigenvalue weighted by Crippen LogP contribution is -2.12. The van der Waals surface area contributed by atoms with Crippen LogP contribution in [0.4, 0.5) is 10.1 Å². The molecule has 0 aliphatic heterocycles. The van der Waals surface area contributed by atoms with Crippen LogP contribution >= 0.6 is 11.6 Å². The van der Waals surface area contributed by atoms with Crippen molar-refractivity contribution in [1.82, 2.24) is 0 Å². The SMILES string of the molecule is O=C(O)CCc1ccc(NC(=O)c2cc(Cl)cc(F)c2O)cc1. The standard InChI is InChI=1S/C16H13ClFNO4/c17-10-7-12(15(22)13(18)8-10)16(23)19-11-4-1-9(2-5-11)3-6-14(20)21/h1-2,4-5,7-8,22H,3,6H2,(H,19,23)(H,20,21). The number of aryl methyl sites for hydroxylation is 1. The number of carbonyl (C=O) groups is 2. The monoisotopic (exact) mass is 337 g/mol. The predicted octanol–water partition coefficient (Wildman–Crippen LogP) is 3.45. The van der Waals surface area contributed by atoms with Crippen molar-refractivity contribution in [2.24, 2.45) is 0 Å². The van der Waals surface area contributed by atoms with Gasteiger partial charge in [0.05, 0.1) is 5.56 Å². The number of halogens is 2. The number of phenols is 1. The molecule has 7 heteroatoms. The number of amides is 1. The molecule has 0 aliphatic rings. The molecule has 0 heterocycles. The number of aromatic hydroxyl groups is 1. The summed E-state index contributed by atoms with van der Waals surface area (Å²) in [6.45, 7) is 0. The molecular weight excluding hydrogens is 325 g/mol. The number of carbonyl (C=O) groups excluding carboxylic acids is 1. The summed E-state index contributed by atoms with van der Waals surface area (Å²) in [5.41, 5.74) is 0.959. The van der Waals surface area contributed by atoms with Crippen LogP contribution in [-0.4, -0.2) is 22.1 Å². The fourth-order valence-corrected chi connectivity index (χ4v) is 2.15. The average Bonchev–Trinajstić information content (AvgIpc) is 2.50. The van der Waals surface area contributed by atoms with Crippen LogP contribution in [0, 0.1) is 5.82 Å². The smallest absolute Gasteiger partial charge is 0.303 e. The van der Waals surface area contributed by atoms with Crippen molar-refractivity contribution in [3.63, 3.8) is 0 Å². The Balaban J connectivity index is 2.10. The number of hydrogen-bond donors (Lipinski definition) is 3. The van der Waals surface area contributed by atoms with E-state index in [0.29, 0.717) is 12.1 Å². The zero-order chi connectivity index (χ0) is 17.0. The van der Waals surface area contributed by atoms with Crippen LogP contribution in [0.3, 0.4) is 0 Å². The molecule has 0 aromatic heterocycles. The summed E-state index contributed by atoms with van der Waals surface area (Å²) in [7, 11) is 0. The lowest BCUT2D eigenvalue weighted by atomic mass is 10.1. The number of anilines is 1. The number of carboxylic acid groups (broad SMARTS) is 1. The Bertz CT molecular complexity index is 746. The molecule has 2 rings (SSSR count). The maximum absolute atomic E-state index is 13.4. The molecule has 0 bridgehead atoms. The van der Waals surface area contributed by atoms with Crippen LogP contribution in [-0.2, 0) is 11.2 Å². The fraction of sp³-hybridized carbons (Fsp3) is 0.125. The Hall–Kier alpha value is -2.60. The second-order valence-corrected chi connectivity index (χ2v) is 5.27. The Morgan fingerprint density at radius 1 is 1.17 bits per heavy atom. The van der Waals surface area contributed by atoms with Crippen molar-refractivity contribution in [3.05, 3.63) is 58.4 Å². The van der Waals surface area contributed by atoms with Crippen molar-refractivity contribution in [2.45, 2.75) is 12.8 Å². The van der Waals surface area contributed by atoms with Crippen molar-refractivity contribution in [1.29, 1.82) is 0 Å². The molecule has 2 aromatic rings. The van der Waals surface area contributed by atoms with Gasteiger partial charge in [0.2, 0.25) is 0 Å². The van der Waals surface area contributed by atoms with E-state index in [1.165, 1.54) is 0 Å². The van der Waals surface area contributed by atoms with E-state index in [0.717, 1.165) is 17.7 Å². The highest BCUT2D eigenvalue weighted by Gasteiger charge is 2.16. The van der Waals surface area contributed by atoms with Gasteiger partial charge in [0, 0.05) is 17.1 Å². The van der Waals surface area contributed by atoms with Crippen LogP contribution in [0.2, 0.25) is 5.02 Å². The van der Waals surface area contributed by atoms with Gasteiger partial charge in [-0.2, -0.15) is 0 Å². The van der Waals surface area contributed by atoms with Crippen LogP contribution in [0.1, 0.15) is 22.3 Å². The summed E-state index contributed by atoms with van der Waals surface area (Å²) in [6, 6.07) is 8.61. The number of phenolic OH excluding ortho intramolecular Hbond substituents is 1. The summed E-state index contributed by atoms with van der Waals surface area (Å²) in [5, 5.41) is 20.7. The third-order valence-corrected chi connectivity index (χ3v) is 3.33. The van der Waals surface area contributed by atoms with E-state index in [1.807, 2.05) is 0 Å². The van der Waals surface area contributed by atoms with Gasteiger partial charge in [0.1, 0.15) is 0 Å². The van der Waals surface area contributed by atoms with Gasteiger partial charge in [-0.1, -0.05) is 23.7 Å². The highest BCUT2D eigenvalue weighted by atomic mass is 35.5. The lowest BCUT2D eigenvalue weighted by molar-refractivity contribution is -0.136. The first-order valence-corrected chi connectivity index (χ1v) is 7.04. The van der Waals surface area contributed by atoms with Crippen LogP contribution in [0.5, 0.6) is 5.75 Å². The summed E-state index contributed by atoms with van der Waals surface area (Å²) in [5.74, 6) is -3.35. The second-order valence-electron chi connectivity index (χ2n) is 4.83. The number of carboxylic acids is 1. The minimum atomic E-state index is -0.980. The normalized spacial score (nSPS) is 10.3. The highest BCUT2D eigenvalue weighted by Crippen LogP contribution is 2.26. The topological polar surface area (TPSA) is 86.6 Å². The van der Waals surface area contributed by atoms with E-state index in [2.05, 4.69) is 5.32 Å². The summed E-state index contributed by atoms with van der Waals surface area (Å²) in [6.07, 6.45) is 0.394. The minimum absolute atomic E-state index is 0.00512. The average molecular weight is 338 g/mol. The maximum Gasteiger partial charge on any atom is 0.303 e. The van der Waals surface area contributed by atoms with Crippen LogP contribution in [0.15, 0.2) is 36.4 Å². The molecule has 1 amide bonds.